The lowest BCUT2D eigenvalue weighted by molar-refractivity contribution is -0.00832. The molecule has 7 nitrogen and oxygen atoms in total. The van der Waals surface area contributed by atoms with E-state index in [1.165, 1.54) is 11.1 Å². The van der Waals surface area contributed by atoms with Crippen LogP contribution < -0.4 is 15.4 Å². The number of nitrogens with one attached hydrogen (secondary N) is 2. The molecular weight excluding hydrogens is 519 g/mol. The third kappa shape index (κ3) is 7.09. The molecule has 8 heteroatoms. The van der Waals surface area contributed by atoms with Gasteiger partial charge in [0.15, 0.2) is 5.96 Å². The number of methoxy groups -OCH3 is 1. The van der Waals surface area contributed by atoms with E-state index in [0.29, 0.717) is 25.3 Å². The molecule has 0 spiro atoms. The molecule has 32 heavy (non-hydrogen) atoms. The van der Waals surface area contributed by atoms with Crippen molar-refractivity contribution in [2.24, 2.45) is 4.99 Å². The average molecular weight is 552 g/mol. The van der Waals surface area contributed by atoms with Crippen molar-refractivity contribution < 1.29 is 14.3 Å². The normalized spacial score (nSPS) is 16.2. The Labute approximate surface area is 207 Å². The molecule has 1 amide bonds. The molecule has 0 bridgehead atoms. The highest BCUT2D eigenvalue weighted by atomic mass is 127. The summed E-state index contributed by atoms with van der Waals surface area (Å²) in [5, 5.41) is 6.29. The van der Waals surface area contributed by atoms with Crippen molar-refractivity contribution in [3.63, 3.8) is 0 Å². The Morgan fingerprint density at radius 2 is 1.94 bits per heavy atom. The molecule has 0 aliphatic carbocycles. The first-order valence-corrected chi connectivity index (χ1v) is 10.7. The number of rotatable bonds is 7. The molecule has 2 N–H and O–H groups in total. The maximum absolute atomic E-state index is 12.3. The second-order valence-electron chi connectivity index (χ2n) is 7.38. The van der Waals surface area contributed by atoms with E-state index in [2.05, 4.69) is 47.6 Å². The number of aryl methyl sites for hydroxylation is 1. The van der Waals surface area contributed by atoms with Crippen LogP contribution >= 0.6 is 24.0 Å². The molecule has 1 aliphatic heterocycles. The van der Waals surface area contributed by atoms with Crippen LogP contribution in [-0.4, -0.2) is 63.2 Å². The summed E-state index contributed by atoms with van der Waals surface area (Å²) in [5.41, 5.74) is 3.05. The van der Waals surface area contributed by atoms with E-state index >= 15 is 0 Å². The third-order valence-corrected chi connectivity index (χ3v) is 5.25. The summed E-state index contributed by atoms with van der Waals surface area (Å²) in [6.45, 7) is 8.09. The van der Waals surface area contributed by atoms with Crippen LogP contribution in [0.15, 0.2) is 53.5 Å². The molecule has 1 unspecified atom stereocenters. The van der Waals surface area contributed by atoms with Crippen molar-refractivity contribution in [2.45, 2.75) is 20.0 Å². The van der Waals surface area contributed by atoms with Gasteiger partial charge in [-0.25, -0.2) is 0 Å². The fraction of sp³-hybridized carbons (Fsp3) is 0.417. The van der Waals surface area contributed by atoms with E-state index in [4.69, 9.17) is 14.5 Å². The number of aliphatic imine (C=N–C) groups is 1. The van der Waals surface area contributed by atoms with Crippen LogP contribution in [0, 0.1) is 6.92 Å². The second-order valence-corrected chi connectivity index (χ2v) is 7.38. The van der Waals surface area contributed by atoms with Crippen LogP contribution in [-0.2, 0) is 4.74 Å². The maximum Gasteiger partial charge on any atom is 0.251 e. The lowest BCUT2D eigenvalue weighted by Crippen LogP contribution is -2.48. The largest absolute Gasteiger partial charge is 0.497 e. The van der Waals surface area contributed by atoms with Gasteiger partial charge < -0.3 is 25.0 Å². The number of nitrogens with zero attached hydrogens (tertiary/aromatic N) is 2. The van der Waals surface area contributed by atoms with Crippen LogP contribution in [0.1, 0.15) is 34.5 Å². The lowest BCUT2D eigenvalue weighted by Gasteiger charge is -2.35. The summed E-state index contributed by atoms with van der Waals surface area (Å²) in [6, 6.07) is 15.4. The molecule has 3 rings (SSSR count). The maximum atomic E-state index is 12.3. The van der Waals surface area contributed by atoms with Gasteiger partial charge in [-0.1, -0.05) is 24.3 Å². The highest BCUT2D eigenvalue weighted by Crippen LogP contribution is 2.25. The van der Waals surface area contributed by atoms with Crippen molar-refractivity contribution in [3.05, 3.63) is 65.2 Å². The molecule has 1 fully saturated rings. The molecular formula is C24H33IN4O3. The number of hydrogen-bond acceptors (Lipinski definition) is 4. The zero-order chi connectivity index (χ0) is 22.1. The number of hydrogen-bond donors (Lipinski definition) is 2. The van der Waals surface area contributed by atoms with Crippen LogP contribution in [0.2, 0.25) is 0 Å². The fourth-order valence-corrected chi connectivity index (χ4v) is 3.58. The van der Waals surface area contributed by atoms with Crippen molar-refractivity contribution >= 4 is 35.8 Å². The van der Waals surface area contributed by atoms with E-state index < -0.39 is 0 Å². The number of ether oxygens (including phenoxy) is 2. The monoisotopic (exact) mass is 552 g/mol. The highest BCUT2D eigenvalue weighted by molar-refractivity contribution is 14.0. The fourth-order valence-electron chi connectivity index (χ4n) is 3.58. The molecule has 2 aromatic rings. The Hall–Kier alpha value is -2.33. The molecule has 1 atom stereocenters. The standard InChI is InChI=1S/C24H32N4O3.HI/c1-4-25-24(27-14-13-26-23(29)19-9-11-20(30-3)12-10-19)28-15-16-31-22(17-28)21-8-6-5-7-18(21)2;/h5-12,22H,4,13-17H2,1-3H3,(H,25,27)(H,26,29);1H. The summed E-state index contributed by atoms with van der Waals surface area (Å²) >= 11 is 0. The van der Waals surface area contributed by atoms with Gasteiger partial charge in [-0.2, -0.15) is 0 Å². The minimum atomic E-state index is -0.117. The van der Waals surface area contributed by atoms with Crippen molar-refractivity contribution in [3.8, 4) is 5.75 Å². The number of halogens is 1. The summed E-state index contributed by atoms with van der Waals surface area (Å²) in [5.74, 6) is 1.46. The summed E-state index contributed by atoms with van der Waals surface area (Å²) in [7, 11) is 1.60. The minimum Gasteiger partial charge on any atom is -0.497 e. The minimum absolute atomic E-state index is 0. The van der Waals surface area contributed by atoms with Gasteiger partial charge in [-0.05, 0) is 49.2 Å². The topological polar surface area (TPSA) is 75.2 Å². The SMILES string of the molecule is CCNC(=NCCNC(=O)c1ccc(OC)cc1)N1CCOC(c2ccccc2C)C1.I. The Kier molecular flexibility index (Phi) is 10.8. The molecule has 0 saturated carbocycles. The predicted octanol–water partition coefficient (Wildman–Crippen LogP) is 3.39. The number of morpholine rings is 1. The number of carbonyl (C=O) groups excluding carboxylic acids is 1. The Morgan fingerprint density at radius 1 is 1.19 bits per heavy atom. The third-order valence-electron chi connectivity index (χ3n) is 5.25. The first kappa shape index (κ1) is 25.9. The number of guanidine groups is 1. The van der Waals surface area contributed by atoms with Gasteiger partial charge in [-0.3, -0.25) is 9.79 Å². The van der Waals surface area contributed by atoms with E-state index in [1.807, 2.05) is 6.07 Å². The zero-order valence-corrected chi connectivity index (χ0v) is 21.3. The van der Waals surface area contributed by atoms with E-state index in [-0.39, 0.29) is 36.0 Å². The number of benzene rings is 2. The average Bonchev–Trinajstić information content (AvgIpc) is 2.81. The summed E-state index contributed by atoms with van der Waals surface area (Å²) in [4.78, 5) is 19.3. The van der Waals surface area contributed by atoms with Crippen molar-refractivity contribution in [1.82, 2.24) is 15.5 Å². The van der Waals surface area contributed by atoms with E-state index in [9.17, 15) is 4.79 Å². The molecule has 1 heterocycles. The smallest absolute Gasteiger partial charge is 0.251 e. The van der Waals surface area contributed by atoms with Crippen LogP contribution in [0.3, 0.4) is 0 Å². The van der Waals surface area contributed by atoms with Gasteiger partial charge in [0.1, 0.15) is 11.9 Å². The van der Waals surface area contributed by atoms with Crippen LogP contribution in [0.25, 0.3) is 0 Å². The quantitative estimate of drug-likeness (QED) is 0.239. The summed E-state index contributed by atoms with van der Waals surface area (Å²) < 4.78 is 11.2. The molecule has 2 aromatic carbocycles. The first-order chi connectivity index (χ1) is 15.1. The molecule has 0 radical (unpaired) electrons. The molecule has 1 aliphatic rings. The van der Waals surface area contributed by atoms with Crippen molar-refractivity contribution in [2.75, 3.05) is 46.4 Å². The van der Waals surface area contributed by atoms with Gasteiger partial charge in [0.25, 0.3) is 5.91 Å². The zero-order valence-electron chi connectivity index (χ0n) is 19.0. The van der Waals surface area contributed by atoms with Crippen LogP contribution in [0.5, 0.6) is 5.75 Å². The Morgan fingerprint density at radius 3 is 2.62 bits per heavy atom. The lowest BCUT2D eigenvalue weighted by atomic mass is 10.0. The molecule has 174 valence electrons. The van der Waals surface area contributed by atoms with Crippen LogP contribution in [0.4, 0.5) is 0 Å². The predicted molar refractivity (Wildman–Crippen MR) is 138 cm³/mol. The highest BCUT2D eigenvalue weighted by Gasteiger charge is 2.25. The van der Waals surface area contributed by atoms with E-state index in [0.717, 1.165) is 31.3 Å². The van der Waals surface area contributed by atoms with Gasteiger partial charge >= 0.3 is 0 Å². The molecule has 0 aromatic heterocycles. The van der Waals surface area contributed by atoms with Gasteiger partial charge in [-0.15, -0.1) is 24.0 Å². The molecule has 1 saturated heterocycles. The van der Waals surface area contributed by atoms with Crippen molar-refractivity contribution in [1.29, 1.82) is 0 Å². The number of amides is 1. The Balaban J connectivity index is 0.00000363. The Bertz CT molecular complexity index is 889. The van der Waals surface area contributed by atoms with E-state index in [1.54, 1.807) is 31.4 Å². The van der Waals surface area contributed by atoms with Gasteiger partial charge in [0.05, 0.1) is 26.8 Å². The summed E-state index contributed by atoms with van der Waals surface area (Å²) in [6.07, 6.45) is 0.0218. The van der Waals surface area contributed by atoms with Gasteiger partial charge in [0, 0.05) is 25.2 Å². The van der Waals surface area contributed by atoms with Gasteiger partial charge in [0.2, 0.25) is 0 Å². The number of carbonyl (C=O) groups is 1. The second kappa shape index (κ2) is 13.3. The first-order valence-electron chi connectivity index (χ1n) is 10.7.